The van der Waals surface area contributed by atoms with Crippen LogP contribution >= 0.6 is 11.3 Å². The molecule has 2 rings (SSSR count). The molecule has 0 saturated carbocycles. The molecule has 2 heterocycles. The summed E-state index contributed by atoms with van der Waals surface area (Å²) in [5.41, 5.74) is 1.77. The molecule has 16 heavy (non-hydrogen) atoms. The molecule has 5 heteroatoms. The molecule has 4 nitrogen and oxygen atoms in total. The highest BCUT2D eigenvalue weighted by Gasteiger charge is 2.11. The van der Waals surface area contributed by atoms with E-state index in [0.717, 1.165) is 16.4 Å². The molecule has 0 radical (unpaired) electrons. The predicted octanol–water partition coefficient (Wildman–Crippen LogP) is 2.74. The van der Waals surface area contributed by atoms with E-state index in [4.69, 9.17) is 0 Å². The number of hydrogen-bond donors (Lipinski definition) is 1. The van der Waals surface area contributed by atoms with Crippen molar-refractivity contribution in [2.45, 2.75) is 26.7 Å². The lowest BCUT2D eigenvalue weighted by molar-refractivity contribution is 0.451. The van der Waals surface area contributed by atoms with Gasteiger partial charge in [0.15, 0.2) is 10.8 Å². The summed E-state index contributed by atoms with van der Waals surface area (Å²) in [5, 5.41) is 12.2. The molecular weight excluding hydrogens is 222 g/mol. The van der Waals surface area contributed by atoms with Gasteiger partial charge in [-0.25, -0.2) is 9.97 Å². The Balaban J connectivity index is 2.49. The molecule has 1 N–H and O–H groups in total. The lowest BCUT2D eigenvalue weighted by Crippen LogP contribution is -1.97. The normalized spacial score (nSPS) is 11.0. The second kappa shape index (κ2) is 4.17. The first-order chi connectivity index (χ1) is 7.56. The highest BCUT2D eigenvalue weighted by molar-refractivity contribution is 7.13. The minimum atomic E-state index is 0.00144. The number of aryl methyl sites for hydroxylation is 1. The Morgan fingerprint density at radius 3 is 2.56 bits per heavy atom. The summed E-state index contributed by atoms with van der Waals surface area (Å²) in [4.78, 5) is 12.7. The molecule has 0 bridgehead atoms. The van der Waals surface area contributed by atoms with Crippen LogP contribution in [0.15, 0.2) is 11.4 Å². The van der Waals surface area contributed by atoms with E-state index in [2.05, 4.69) is 15.0 Å². The van der Waals surface area contributed by atoms with Gasteiger partial charge in [0.25, 0.3) is 0 Å². The fourth-order valence-corrected chi connectivity index (χ4v) is 2.03. The van der Waals surface area contributed by atoms with E-state index in [9.17, 15) is 5.11 Å². The number of nitrogens with zero attached hydrogens (tertiary/aromatic N) is 3. The summed E-state index contributed by atoms with van der Waals surface area (Å²) < 4.78 is 0. The van der Waals surface area contributed by atoms with Crippen LogP contribution in [0.4, 0.5) is 0 Å². The average molecular weight is 235 g/mol. The summed E-state index contributed by atoms with van der Waals surface area (Å²) in [5.74, 6) is 0.761. The van der Waals surface area contributed by atoms with Gasteiger partial charge in [0.2, 0.25) is 5.88 Å². The Morgan fingerprint density at radius 1 is 1.25 bits per heavy atom. The molecule has 0 aliphatic heterocycles. The van der Waals surface area contributed by atoms with E-state index in [1.807, 2.05) is 26.2 Å². The summed E-state index contributed by atoms with van der Waals surface area (Å²) in [7, 11) is 0. The van der Waals surface area contributed by atoms with Crippen LogP contribution in [0.2, 0.25) is 0 Å². The molecule has 0 atom stereocenters. The molecule has 0 saturated heterocycles. The zero-order valence-corrected chi connectivity index (χ0v) is 10.2. The SMILES string of the molecule is Cc1csc(-c2nc(O)cc(C(C)C)n2)n1. The van der Waals surface area contributed by atoms with Crippen molar-refractivity contribution in [1.29, 1.82) is 0 Å². The van der Waals surface area contributed by atoms with Crippen LogP contribution in [0, 0.1) is 6.92 Å². The largest absolute Gasteiger partial charge is 0.493 e. The fraction of sp³-hybridized carbons (Fsp3) is 0.364. The maximum absolute atomic E-state index is 9.54. The standard InChI is InChI=1S/C11H13N3OS/c1-6(2)8-4-9(15)14-10(13-8)11-12-7(3)5-16-11/h4-6H,1-3H3,(H,13,14,15). The molecule has 0 amide bonds. The van der Waals surface area contributed by atoms with Crippen molar-refractivity contribution in [3.63, 3.8) is 0 Å². The molecule has 0 aliphatic carbocycles. The van der Waals surface area contributed by atoms with E-state index in [1.165, 1.54) is 11.3 Å². The molecule has 84 valence electrons. The number of aromatic hydroxyl groups is 1. The van der Waals surface area contributed by atoms with Crippen molar-refractivity contribution in [3.8, 4) is 16.7 Å². The fourth-order valence-electron chi connectivity index (χ4n) is 1.30. The van der Waals surface area contributed by atoms with Crippen molar-refractivity contribution in [2.24, 2.45) is 0 Å². The van der Waals surface area contributed by atoms with Gasteiger partial charge in [0, 0.05) is 17.1 Å². The summed E-state index contributed by atoms with van der Waals surface area (Å²) >= 11 is 1.48. The Kier molecular flexibility index (Phi) is 2.87. The van der Waals surface area contributed by atoms with Crippen LogP contribution in [0.5, 0.6) is 5.88 Å². The Morgan fingerprint density at radius 2 is 2.00 bits per heavy atom. The van der Waals surface area contributed by atoms with E-state index >= 15 is 0 Å². The van der Waals surface area contributed by atoms with E-state index in [0.29, 0.717) is 5.82 Å². The molecular formula is C11H13N3OS. The third kappa shape index (κ3) is 2.19. The topological polar surface area (TPSA) is 58.9 Å². The molecule has 0 spiro atoms. The second-order valence-corrected chi connectivity index (χ2v) is 4.78. The number of rotatable bonds is 2. The van der Waals surface area contributed by atoms with E-state index in [-0.39, 0.29) is 11.8 Å². The van der Waals surface area contributed by atoms with Gasteiger partial charge in [-0.1, -0.05) is 13.8 Å². The van der Waals surface area contributed by atoms with Gasteiger partial charge in [-0.15, -0.1) is 11.3 Å². The maximum Gasteiger partial charge on any atom is 0.214 e. The van der Waals surface area contributed by atoms with Crippen LogP contribution in [-0.2, 0) is 0 Å². The molecule has 0 aliphatic rings. The Hall–Kier alpha value is -1.49. The first-order valence-corrected chi connectivity index (χ1v) is 5.94. The second-order valence-electron chi connectivity index (χ2n) is 3.92. The minimum absolute atomic E-state index is 0.00144. The van der Waals surface area contributed by atoms with Crippen molar-refractivity contribution in [1.82, 2.24) is 15.0 Å². The monoisotopic (exact) mass is 235 g/mol. The van der Waals surface area contributed by atoms with Gasteiger partial charge in [-0.2, -0.15) is 4.98 Å². The molecule has 0 unspecified atom stereocenters. The van der Waals surface area contributed by atoms with Crippen molar-refractivity contribution >= 4 is 11.3 Å². The summed E-state index contributed by atoms with van der Waals surface area (Å²) in [6.45, 7) is 5.98. The minimum Gasteiger partial charge on any atom is -0.493 e. The lowest BCUT2D eigenvalue weighted by Gasteiger charge is -2.05. The highest BCUT2D eigenvalue weighted by Crippen LogP contribution is 2.24. The van der Waals surface area contributed by atoms with E-state index in [1.54, 1.807) is 6.07 Å². The first-order valence-electron chi connectivity index (χ1n) is 5.06. The average Bonchev–Trinajstić information content (AvgIpc) is 2.64. The number of hydrogen-bond acceptors (Lipinski definition) is 5. The highest BCUT2D eigenvalue weighted by atomic mass is 32.1. The van der Waals surface area contributed by atoms with Gasteiger partial charge >= 0.3 is 0 Å². The Labute approximate surface area is 98.0 Å². The van der Waals surface area contributed by atoms with Crippen molar-refractivity contribution in [3.05, 3.63) is 22.8 Å². The summed E-state index contributed by atoms with van der Waals surface area (Å²) in [6, 6.07) is 1.59. The zero-order chi connectivity index (χ0) is 11.7. The van der Waals surface area contributed by atoms with Gasteiger partial charge in [0.1, 0.15) is 0 Å². The van der Waals surface area contributed by atoms with Gasteiger partial charge in [-0.3, -0.25) is 0 Å². The molecule has 2 aromatic heterocycles. The van der Waals surface area contributed by atoms with Gasteiger partial charge in [0.05, 0.1) is 5.69 Å². The maximum atomic E-state index is 9.54. The van der Waals surface area contributed by atoms with E-state index < -0.39 is 0 Å². The lowest BCUT2D eigenvalue weighted by atomic mass is 10.1. The number of thiazole rings is 1. The number of aromatic nitrogens is 3. The Bertz CT molecular complexity index is 508. The summed E-state index contributed by atoms with van der Waals surface area (Å²) in [6.07, 6.45) is 0. The molecule has 0 aromatic carbocycles. The van der Waals surface area contributed by atoms with Crippen molar-refractivity contribution in [2.75, 3.05) is 0 Å². The van der Waals surface area contributed by atoms with Gasteiger partial charge in [-0.05, 0) is 12.8 Å². The van der Waals surface area contributed by atoms with Crippen LogP contribution in [-0.4, -0.2) is 20.1 Å². The van der Waals surface area contributed by atoms with Crippen molar-refractivity contribution < 1.29 is 5.11 Å². The quantitative estimate of drug-likeness (QED) is 0.869. The van der Waals surface area contributed by atoms with Crippen LogP contribution in [0.3, 0.4) is 0 Å². The zero-order valence-electron chi connectivity index (χ0n) is 9.43. The molecule has 0 fully saturated rings. The predicted molar refractivity (Wildman–Crippen MR) is 63.6 cm³/mol. The van der Waals surface area contributed by atoms with Gasteiger partial charge < -0.3 is 5.11 Å². The van der Waals surface area contributed by atoms with Crippen LogP contribution in [0.1, 0.15) is 31.2 Å². The van der Waals surface area contributed by atoms with Crippen LogP contribution in [0.25, 0.3) is 10.8 Å². The molecule has 2 aromatic rings. The third-order valence-electron chi connectivity index (χ3n) is 2.13. The van der Waals surface area contributed by atoms with Crippen LogP contribution < -0.4 is 0 Å². The first kappa shape index (κ1) is 11.0. The third-order valence-corrected chi connectivity index (χ3v) is 3.09. The smallest absolute Gasteiger partial charge is 0.214 e.